The van der Waals surface area contributed by atoms with Gasteiger partial charge in [-0.1, -0.05) is 17.7 Å². The van der Waals surface area contributed by atoms with E-state index in [0.29, 0.717) is 19.7 Å². The Bertz CT molecular complexity index is 627. The third-order valence-corrected chi connectivity index (χ3v) is 5.50. The van der Waals surface area contributed by atoms with Crippen molar-refractivity contribution < 1.29 is 17.9 Å². The summed E-state index contributed by atoms with van der Waals surface area (Å²) in [5.74, 6) is -0.201. The summed E-state index contributed by atoms with van der Waals surface area (Å²) >= 11 is 0. The Morgan fingerprint density at radius 1 is 1.36 bits per heavy atom. The lowest BCUT2D eigenvalue weighted by molar-refractivity contribution is -0.138. The smallest absolute Gasteiger partial charge is 0.243 e. The summed E-state index contributed by atoms with van der Waals surface area (Å²) in [6, 6.07) is 6.60. The van der Waals surface area contributed by atoms with Crippen molar-refractivity contribution in [1.29, 1.82) is 0 Å². The number of benzene rings is 1. The topological polar surface area (TPSA) is 66.9 Å². The average molecular weight is 326 g/mol. The van der Waals surface area contributed by atoms with Crippen LogP contribution in [0.4, 0.5) is 0 Å². The Morgan fingerprint density at radius 2 is 2.00 bits per heavy atom. The van der Waals surface area contributed by atoms with E-state index in [0.717, 1.165) is 9.87 Å². The van der Waals surface area contributed by atoms with Crippen LogP contribution < -0.4 is 0 Å². The Hall–Kier alpha value is -1.44. The van der Waals surface area contributed by atoms with Crippen LogP contribution in [0.1, 0.15) is 12.5 Å². The number of hydrogen-bond acceptors (Lipinski definition) is 4. The first-order valence-corrected chi connectivity index (χ1v) is 8.67. The molecule has 0 saturated carbocycles. The molecule has 1 fully saturated rings. The zero-order valence-corrected chi connectivity index (χ0v) is 14.0. The van der Waals surface area contributed by atoms with Crippen molar-refractivity contribution in [3.05, 3.63) is 29.8 Å². The Balaban J connectivity index is 2.05. The quantitative estimate of drug-likeness (QED) is 0.823. The van der Waals surface area contributed by atoms with Gasteiger partial charge < -0.3 is 9.64 Å². The maximum absolute atomic E-state index is 12.5. The first-order valence-electron chi connectivity index (χ1n) is 7.23. The number of carbonyl (C=O) groups is 1. The molecule has 0 radical (unpaired) electrons. The summed E-state index contributed by atoms with van der Waals surface area (Å²) < 4.78 is 31.4. The Labute approximate surface area is 131 Å². The number of rotatable bonds is 4. The molecular weight excluding hydrogens is 304 g/mol. The van der Waals surface area contributed by atoms with Gasteiger partial charge in [0.1, 0.15) is 0 Å². The second kappa shape index (κ2) is 6.76. The van der Waals surface area contributed by atoms with Gasteiger partial charge >= 0.3 is 0 Å². The summed E-state index contributed by atoms with van der Waals surface area (Å²) in [6.45, 7) is 5.11. The fourth-order valence-electron chi connectivity index (χ4n) is 2.31. The van der Waals surface area contributed by atoms with Gasteiger partial charge in [0.05, 0.1) is 24.2 Å². The number of aryl methyl sites for hydroxylation is 1. The minimum absolute atomic E-state index is 0.0169. The van der Waals surface area contributed by atoms with Crippen LogP contribution in [0.3, 0.4) is 0 Å². The van der Waals surface area contributed by atoms with Crippen LogP contribution in [-0.4, -0.2) is 62.9 Å². The fourth-order valence-corrected chi connectivity index (χ4v) is 3.43. The molecule has 1 atom stereocenters. The third kappa shape index (κ3) is 3.85. The van der Waals surface area contributed by atoms with E-state index < -0.39 is 10.0 Å². The van der Waals surface area contributed by atoms with Crippen molar-refractivity contribution in [1.82, 2.24) is 9.21 Å². The van der Waals surface area contributed by atoms with Gasteiger partial charge in [0.2, 0.25) is 15.9 Å². The van der Waals surface area contributed by atoms with Crippen molar-refractivity contribution in [2.75, 3.05) is 33.3 Å². The monoisotopic (exact) mass is 326 g/mol. The first kappa shape index (κ1) is 16.9. The summed E-state index contributed by atoms with van der Waals surface area (Å²) in [5, 5.41) is 0. The second-order valence-corrected chi connectivity index (χ2v) is 7.64. The van der Waals surface area contributed by atoms with E-state index in [1.165, 1.54) is 7.05 Å². The molecular formula is C15H22N2O4S. The Kier molecular flexibility index (Phi) is 5.20. The minimum Gasteiger partial charge on any atom is -0.375 e. The van der Waals surface area contributed by atoms with E-state index in [9.17, 15) is 13.2 Å². The number of sulfonamides is 1. The molecule has 1 aliphatic heterocycles. The zero-order valence-electron chi connectivity index (χ0n) is 13.2. The van der Waals surface area contributed by atoms with E-state index in [1.807, 2.05) is 13.8 Å². The Morgan fingerprint density at radius 3 is 2.59 bits per heavy atom. The van der Waals surface area contributed by atoms with Gasteiger partial charge in [-0.3, -0.25) is 4.79 Å². The van der Waals surface area contributed by atoms with E-state index in [-0.39, 0.29) is 23.5 Å². The lowest BCUT2D eigenvalue weighted by Gasteiger charge is -2.32. The number of carbonyl (C=O) groups excluding carboxylic acids is 1. The standard InChI is InChI=1S/C15H22N2O4S/c1-12-4-6-14(7-5-12)22(19,20)16(3)11-15(18)17-8-9-21-13(2)10-17/h4-7,13H,8-11H2,1-3H3. The highest BCUT2D eigenvalue weighted by atomic mass is 32.2. The summed E-state index contributed by atoms with van der Waals surface area (Å²) in [4.78, 5) is 14.1. The van der Waals surface area contributed by atoms with Crippen LogP contribution in [0.2, 0.25) is 0 Å². The minimum atomic E-state index is -3.65. The summed E-state index contributed by atoms with van der Waals surface area (Å²) in [6.07, 6.45) is -0.0169. The van der Waals surface area contributed by atoms with Gasteiger partial charge in [-0.25, -0.2) is 8.42 Å². The third-order valence-electron chi connectivity index (χ3n) is 3.68. The predicted molar refractivity (Wildman–Crippen MR) is 83.0 cm³/mol. The second-order valence-electron chi connectivity index (χ2n) is 5.60. The SMILES string of the molecule is Cc1ccc(S(=O)(=O)N(C)CC(=O)N2CCOC(C)C2)cc1. The number of morpholine rings is 1. The lowest BCUT2D eigenvalue weighted by atomic mass is 10.2. The number of hydrogen-bond donors (Lipinski definition) is 0. The molecule has 1 unspecified atom stereocenters. The van der Waals surface area contributed by atoms with Crippen LogP contribution in [-0.2, 0) is 19.6 Å². The fraction of sp³-hybridized carbons (Fsp3) is 0.533. The van der Waals surface area contributed by atoms with E-state index in [4.69, 9.17) is 4.74 Å². The zero-order chi connectivity index (χ0) is 16.3. The molecule has 0 spiro atoms. The lowest BCUT2D eigenvalue weighted by Crippen LogP contribution is -2.48. The van der Waals surface area contributed by atoms with Gasteiger partial charge in [0, 0.05) is 20.1 Å². The molecule has 1 saturated heterocycles. The van der Waals surface area contributed by atoms with Crippen molar-refractivity contribution >= 4 is 15.9 Å². The molecule has 0 N–H and O–H groups in total. The maximum atomic E-state index is 12.5. The van der Waals surface area contributed by atoms with E-state index in [1.54, 1.807) is 29.2 Å². The summed E-state index contributed by atoms with van der Waals surface area (Å²) in [5.41, 5.74) is 0.986. The molecule has 1 heterocycles. The molecule has 2 rings (SSSR count). The van der Waals surface area contributed by atoms with Gasteiger partial charge in [-0.05, 0) is 26.0 Å². The molecule has 1 aromatic carbocycles. The molecule has 6 nitrogen and oxygen atoms in total. The largest absolute Gasteiger partial charge is 0.375 e. The number of ether oxygens (including phenoxy) is 1. The number of nitrogens with zero attached hydrogens (tertiary/aromatic N) is 2. The first-order chi connectivity index (χ1) is 10.3. The highest BCUT2D eigenvalue weighted by Crippen LogP contribution is 2.15. The van der Waals surface area contributed by atoms with Crippen molar-refractivity contribution in [2.45, 2.75) is 24.8 Å². The molecule has 122 valence electrons. The van der Waals surface area contributed by atoms with E-state index in [2.05, 4.69) is 0 Å². The highest BCUT2D eigenvalue weighted by Gasteiger charge is 2.27. The molecule has 0 aliphatic carbocycles. The van der Waals surface area contributed by atoms with Gasteiger partial charge in [0.25, 0.3) is 0 Å². The van der Waals surface area contributed by atoms with Crippen molar-refractivity contribution in [3.8, 4) is 0 Å². The molecule has 1 aromatic rings. The summed E-state index contributed by atoms with van der Waals surface area (Å²) in [7, 11) is -2.22. The van der Waals surface area contributed by atoms with Crippen LogP contribution in [0, 0.1) is 6.92 Å². The highest BCUT2D eigenvalue weighted by molar-refractivity contribution is 7.89. The van der Waals surface area contributed by atoms with Crippen LogP contribution >= 0.6 is 0 Å². The molecule has 0 aromatic heterocycles. The molecule has 1 amide bonds. The molecule has 7 heteroatoms. The van der Waals surface area contributed by atoms with Crippen molar-refractivity contribution in [2.24, 2.45) is 0 Å². The van der Waals surface area contributed by atoms with Gasteiger partial charge in [0.15, 0.2) is 0 Å². The average Bonchev–Trinajstić information content (AvgIpc) is 2.47. The van der Waals surface area contributed by atoms with Crippen molar-refractivity contribution in [3.63, 3.8) is 0 Å². The molecule has 0 bridgehead atoms. The molecule has 1 aliphatic rings. The number of likely N-dealkylation sites (N-methyl/N-ethyl adjacent to an activating group) is 1. The van der Waals surface area contributed by atoms with E-state index >= 15 is 0 Å². The predicted octanol–water partition coefficient (Wildman–Crippen LogP) is 0.863. The number of amides is 1. The maximum Gasteiger partial charge on any atom is 0.243 e. The van der Waals surface area contributed by atoms with Gasteiger partial charge in [-0.2, -0.15) is 4.31 Å². The van der Waals surface area contributed by atoms with Crippen LogP contribution in [0.5, 0.6) is 0 Å². The van der Waals surface area contributed by atoms with Crippen LogP contribution in [0.25, 0.3) is 0 Å². The molecule has 22 heavy (non-hydrogen) atoms. The van der Waals surface area contributed by atoms with Gasteiger partial charge in [-0.15, -0.1) is 0 Å². The van der Waals surface area contributed by atoms with Crippen LogP contribution in [0.15, 0.2) is 29.2 Å². The normalized spacial score (nSPS) is 19.5.